The van der Waals surface area contributed by atoms with E-state index in [1.54, 1.807) is 0 Å². The van der Waals surface area contributed by atoms with Gasteiger partial charge in [-0.25, -0.2) is 9.59 Å². The minimum Gasteiger partial charge on any atom is -0.473 e. The number of fused-ring (bicyclic) bond motifs is 1. The standard InChI is InChI=1S/C14H20N2O2.C2H2O4/c1-16-6-4-12(5-7-16)15-9-11-2-3-13-14(8-11)18-10-17-13;3-1(4)2(5)6/h2-3,8,12,15H,4-7,9-10H2,1H3;(H,3,4)(H,5,6). The molecule has 0 atom stereocenters. The topological polar surface area (TPSA) is 108 Å². The van der Waals surface area contributed by atoms with Crippen LogP contribution >= 0.6 is 0 Å². The molecule has 132 valence electrons. The van der Waals surface area contributed by atoms with Gasteiger partial charge in [-0.3, -0.25) is 0 Å². The van der Waals surface area contributed by atoms with Crippen molar-refractivity contribution in [1.29, 1.82) is 0 Å². The molecule has 2 aliphatic rings. The molecule has 0 saturated carbocycles. The molecule has 0 amide bonds. The first-order chi connectivity index (χ1) is 11.5. The molecule has 2 heterocycles. The highest BCUT2D eigenvalue weighted by Gasteiger charge is 2.17. The second-order valence-electron chi connectivity index (χ2n) is 5.76. The van der Waals surface area contributed by atoms with Crippen molar-refractivity contribution in [2.75, 3.05) is 26.9 Å². The summed E-state index contributed by atoms with van der Waals surface area (Å²) in [5.41, 5.74) is 1.26. The lowest BCUT2D eigenvalue weighted by molar-refractivity contribution is -0.159. The van der Waals surface area contributed by atoms with Crippen molar-refractivity contribution in [3.8, 4) is 11.5 Å². The van der Waals surface area contributed by atoms with Crippen molar-refractivity contribution in [3.05, 3.63) is 23.8 Å². The summed E-state index contributed by atoms with van der Waals surface area (Å²) in [6, 6.07) is 6.82. The maximum absolute atomic E-state index is 9.10. The van der Waals surface area contributed by atoms with Crippen LogP contribution in [0.25, 0.3) is 0 Å². The van der Waals surface area contributed by atoms with E-state index in [9.17, 15) is 0 Å². The van der Waals surface area contributed by atoms with Crippen LogP contribution in [-0.4, -0.2) is 60.0 Å². The molecule has 8 nitrogen and oxygen atoms in total. The molecule has 1 saturated heterocycles. The fourth-order valence-corrected chi connectivity index (χ4v) is 2.53. The summed E-state index contributed by atoms with van der Waals surface area (Å²) in [6.45, 7) is 3.64. The van der Waals surface area contributed by atoms with Crippen LogP contribution in [0.15, 0.2) is 18.2 Å². The van der Waals surface area contributed by atoms with Gasteiger partial charge in [-0.15, -0.1) is 0 Å². The molecule has 0 unspecified atom stereocenters. The van der Waals surface area contributed by atoms with Crippen LogP contribution in [0, 0.1) is 0 Å². The van der Waals surface area contributed by atoms with Gasteiger partial charge in [0.1, 0.15) is 0 Å². The lowest BCUT2D eigenvalue weighted by Gasteiger charge is -2.29. The van der Waals surface area contributed by atoms with Crippen LogP contribution in [0.1, 0.15) is 18.4 Å². The quantitative estimate of drug-likeness (QED) is 0.693. The Morgan fingerprint density at radius 2 is 1.79 bits per heavy atom. The Morgan fingerprint density at radius 1 is 1.17 bits per heavy atom. The molecule has 8 heteroatoms. The molecule has 3 N–H and O–H groups in total. The number of aliphatic carboxylic acids is 2. The molecule has 2 aliphatic heterocycles. The van der Waals surface area contributed by atoms with Crippen molar-refractivity contribution in [2.24, 2.45) is 0 Å². The predicted molar refractivity (Wildman–Crippen MR) is 85.2 cm³/mol. The van der Waals surface area contributed by atoms with Crippen LogP contribution in [0.2, 0.25) is 0 Å². The van der Waals surface area contributed by atoms with Crippen molar-refractivity contribution in [2.45, 2.75) is 25.4 Å². The predicted octanol–water partition coefficient (Wildman–Crippen LogP) is 0.755. The van der Waals surface area contributed by atoms with E-state index < -0.39 is 11.9 Å². The normalized spacial score (nSPS) is 17.0. The number of nitrogens with zero attached hydrogens (tertiary/aromatic N) is 1. The van der Waals surface area contributed by atoms with E-state index in [-0.39, 0.29) is 0 Å². The third kappa shape index (κ3) is 5.39. The van der Waals surface area contributed by atoms with E-state index in [2.05, 4.69) is 29.4 Å². The summed E-state index contributed by atoms with van der Waals surface area (Å²) < 4.78 is 10.7. The molecule has 3 rings (SSSR count). The Hall–Kier alpha value is -2.32. The molecule has 0 spiro atoms. The van der Waals surface area contributed by atoms with Gasteiger partial charge in [-0.2, -0.15) is 0 Å². The molecule has 0 radical (unpaired) electrons. The van der Waals surface area contributed by atoms with E-state index in [0.717, 1.165) is 18.0 Å². The SMILES string of the molecule is CN1CCC(NCc2ccc3c(c2)OCO3)CC1.O=C(O)C(=O)O. The van der Waals surface area contributed by atoms with Crippen molar-refractivity contribution >= 4 is 11.9 Å². The molecule has 24 heavy (non-hydrogen) atoms. The summed E-state index contributed by atoms with van der Waals surface area (Å²) in [5, 5.41) is 18.4. The van der Waals surface area contributed by atoms with E-state index in [4.69, 9.17) is 29.3 Å². The average Bonchev–Trinajstić information content (AvgIpc) is 3.02. The highest BCUT2D eigenvalue weighted by Crippen LogP contribution is 2.32. The van der Waals surface area contributed by atoms with E-state index >= 15 is 0 Å². The number of benzene rings is 1. The maximum Gasteiger partial charge on any atom is 0.414 e. The zero-order valence-electron chi connectivity index (χ0n) is 13.5. The van der Waals surface area contributed by atoms with Crippen LogP contribution in [-0.2, 0) is 16.1 Å². The first-order valence-electron chi connectivity index (χ1n) is 7.72. The Morgan fingerprint density at radius 3 is 2.42 bits per heavy atom. The minimum atomic E-state index is -1.82. The number of likely N-dealkylation sites (tertiary alicyclic amines) is 1. The van der Waals surface area contributed by atoms with E-state index in [1.807, 2.05) is 6.07 Å². The Labute approximate surface area is 140 Å². The number of hydrogen-bond acceptors (Lipinski definition) is 6. The lowest BCUT2D eigenvalue weighted by atomic mass is 10.1. The zero-order valence-corrected chi connectivity index (χ0v) is 13.5. The van der Waals surface area contributed by atoms with E-state index in [0.29, 0.717) is 12.8 Å². The fourth-order valence-electron chi connectivity index (χ4n) is 2.53. The first-order valence-corrected chi connectivity index (χ1v) is 7.72. The molecule has 1 aromatic carbocycles. The summed E-state index contributed by atoms with van der Waals surface area (Å²) >= 11 is 0. The lowest BCUT2D eigenvalue weighted by Crippen LogP contribution is -2.40. The van der Waals surface area contributed by atoms with Gasteiger partial charge in [-0.05, 0) is 50.7 Å². The first kappa shape index (κ1) is 18.0. The van der Waals surface area contributed by atoms with E-state index in [1.165, 1.54) is 31.5 Å². The van der Waals surface area contributed by atoms with Crippen LogP contribution in [0.4, 0.5) is 0 Å². The third-order valence-corrected chi connectivity index (χ3v) is 3.93. The molecule has 1 aromatic rings. The highest BCUT2D eigenvalue weighted by atomic mass is 16.7. The van der Waals surface area contributed by atoms with Crippen LogP contribution in [0.3, 0.4) is 0 Å². The van der Waals surface area contributed by atoms with Crippen molar-refractivity contribution in [1.82, 2.24) is 10.2 Å². The van der Waals surface area contributed by atoms with Gasteiger partial charge in [0.05, 0.1) is 0 Å². The molecule has 0 aromatic heterocycles. The Balaban J connectivity index is 0.000000301. The fraction of sp³-hybridized carbons (Fsp3) is 0.500. The summed E-state index contributed by atoms with van der Waals surface area (Å²) in [4.78, 5) is 20.6. The Bertz CT molecular complexity index is 572. The smallest absolute Gasteiger partial charge is 0.414 e. The highest BCUT2D eigenvalue weighted by molar-refractivity contribution is 6.27. The minimum absolute atomic E-state index is 0.348. The second-order valence-corrected chi connectivity index (χ2v) is 5.76. The zero-order chi connectivity index (χ0) is 17.5. The largest absolute Gasteiger partial charge is 0.473 e. The number of hydrogen-bond donors (Lipinski definition) is 3. The Kier molecular flexibility index (Phi) is 6.39. The monoisotopic (exact) mass is 338 g/mol. The number of ether oxygens (including phenoxy) is 2. The maximum atomic E-state index is 9.10. The summed E-state index contributed by atoms with van der Waals surface area (Å²) in [7, 11) is 2.19. The van der Waals surface area contributed by atoms with Crippen molar-refractivity contribution < 1.29 is 29.3 Å². The van der Waals surface area contributed by atoms with Gasteiger partial charge in [0.15, 0.2) is 11.5 Å². The van der Waals surface area contributed by atoms with Gasteiger partial charge >= 0.3 is 11.9 Å². The second kappa shape index (κ2) is 8.51. The molecular weight excluding hydrogens is 316 g/mol. The number of nitrogens with one attached hydrogen (secondary N) is 1. The van der Waals surface area contributed by atoms with Gasteiger partial charge in [0.2, 0.25) is 6.79 Å². The molecule has 0 aliphatic carbocycles. The number of rotatable bonds is 3. The average molecular weight is 338 g/mol. The third-order valence-electron chi connectivity index (χ3n) is 3.93. The molecule has 1 fully saturated rings. The van der Waals surface area contributed by atoms with Crippen molar-refractivity contribution in [3.63, 3.8) is 0 Å². The van der Waals surface area contributed by atoms with Gasteiger partial charge in [0, 0.05) is 12.6 Å². The number of piperidine rings is 1. The van der Waals surface area contributed by atoms with Gasteiger partial charge < -0.3 is 29.9 Å². The van der Waals surface area contributed by atoms with Gasteiger partial charge in [0.25, 0.3) is 0 Å². The van der Waals surface area contributed by atoms with Crippen LogP contribution < -0.4 is 14.8 Å². The molecular formula is C16H22N2O6. The summed E-state index contributed by atoms with van der Waals surface area (Å²) in [6.07, 6.45) is 2.47. The molecule has 0 bridgehead atoms. The number of carboxylic acids is 2. The van der Waals surface area contributed by atoms with Crippen LogP contribution in [0.5, 0.6) is 11.5 Å². The van der Waals surface area contributed by atoms with Gasteiger partial charge in [-0.1, -0.05) is 6.07 Å². The number of carbonyl (C=O) groups is 2. The summed E-state index contributed by atoms with van der Waals surface area (Å²) in [5.74, 6) is -1.92. The number of carboxylic acid groups (broad SMARTS) is 2.